The first-order chi connectivity index (χ1) is 9.04. The lowest BCUT2D eigenvalue weighted by atomic mass is 10.1. The van der Waals surface area contributed by atoms with Gasteiger partial charge in [-0.1, -0.05) is 0 Å². The van der Waals surface area contributed by atoms with Crippen LogP contribution in [-0.4, -0.2) is 11.8 Å². The third-order valence-corrected chi connectivity index (χ3v) is 2.79. The minimum absolute atomic E-state index is 0.0172. The van der Waals surface area contributed by atoms with Gasteiger partial charge in [0.2, 0.25) is 5.88 Å². The lowest BCUT2D eigenvalue weighted by Gasteiger charge is -2.05. The molecule has 1 heterocycles. The molecule has 0 aliphatic heterocycles. The molecule has 0 spiro atoms. The number of urea groups is 1. The number of ketones is 1. The second-order valence-corrected chi connectivity index (χ2v) is 4.60. The molecule has 0 bridgehead atoms. The van der Waals surface area contributed by atoms with Crippen molar-refractivity contribution < 1.29 is 14.0 Å². The van der Waals surface area contributed by atoms with Crippen LogP contribution in [0.15, 0.2) is 45.5 Å². The van der Waals surface area contributed by atoms with Crippen molar-refractivity contribution in [2.45, 2.75) is 6.92 Å². The molecule has 0 atom stereocenters. The van der Waals surface area contributed by atoms with Gasteiger partial charge >= 0.3 is 6.03 Å². The Morgan fingerprint density at radius 1 is 1.05 bits per heavy atom. The van der Waals surface area contributed by atoms with Gasteiger partial charge in [-0.2, -0.15) is 0 Å². The van der Waals surface area contributed by atoms with Crippen molar-refractivity contribution >= 4 is 39.3 Å². The molecule has 0 aliphatic carbocycles. The monoisotopic (exact) mass is 322 g/mol. The summed E-state index contributed by atoms with van der Waals surface area (Å²) >= 11 is 3.14. The number of Topliss-reactive ketones (excluding diaryl/α,β-unsaturated/α-hetero) is 1. The number of hydrogen-bond acceptors (Lipinski definition) is 3. The van der Waals surface area contributed by atoms with E-state index in [9.17, 15) is 9.59 Å². The molecule has 1 aromatic heterocycles. The molecule has 2 rings (SSSR count). The fraction of sp³-hybridized carbons (Fsp3) is 0.0769. The van der Waals surface area contributed by atoms with Crippen molar-refractivity contribution in [3.05, 3.63) is 46.6 Å². The molecule has 2 N–H and O–H groups in total. The number of hydrogen-bond donors (Lipinski definition) is 2. The number of carbonyl (C=O) groups excluding carboxylic acids is 2. The second kappa shape index (κ2) is 5.71. The van der Waals surface area contributed by atoms with E-state index < -0.39 is 6.03 Å². The third kappa shape index (κ3) is 3.69. The van der Waals surface area contributed by atoms with Crippen LogP contribution in [0.1, 0.15) is 17.3 Å². The molecular weight excluding hydrogens is 312 g/mol. The van der Waals surface area contributed by atoms with Crippen LogP contribution >= 0.6 is 15.9 Å². The van der Waals surface area contributed by atoms with E-state index in [0.717, 1.165) is 0 Å². The summed E-state index contributed by atoms with van der Waals surface area (Å²) in [6.07, 6.45) is 0. The maximum absolute atomic E-state index is 11.6. The molecular formula is C13H11BrN2O3. The molecule has 0 unspecified atom stereocenters. The van der Waals surface area contributed by atoms with Gasteiger partial charge in [-0.05, 0) is 53.2 Å². The van der Waals surface area contributed by atoms with E-state index in [1.54, 1.807) is 36.4 Å². The van der Waals surface area contributed by atoms with Crippen LogP contribution in [0.25, 0.3) is 0 Å². The van der Waals surface area contributed by atoms with Gasteiger partial charge < -0.3 is 9.73 Å². The number of amides is 2. The van der Waals surface area contributed by atoms with E-state index in [1.165, 1.54) is 6.92 Å². The average molecular weight is 323 g/mol. The molecule has 0 aliphatic rings. The summed E-state index contributed by atoms with van der Waals surface area (Å²) in [6.45, 7) is 1.49. The van der Waals surface area contributed by atoms with Crippen molar-refractivity contribution in [2.75, 3.05) is 10.6 Å². The highest BCUT2D eigenvalue weighted by molar-refractivity contribution is 9.10. The SMILES string of the molecule is CC(=O)c1ccc(NC(=O)Nc2ccc(Br)o2)cc1. The van der Waals surface area contributed by atoms with Crippen LogP contribution < -0.4 is 10.6 Å². The van der Waals surface area contributed by atoms with Gasteiger partial charge in [0.15, 0.2) is 10.5 Å². The Morgan fingerprint density at radius 3 is 2.26 bits per heavy atom. The van der Waals surface area contributed by atoms with E-state index in [1.807, 2.05) is 0 Å². The normalized spacial score (nSPS) is 10.0. The molecule has 98 valence electrons. The first-order valence-electron chi connectivity index (χ1n) is 5.49. The number of furan rings is 1. The topological polar surface area (TPSA) is 71.3 Å². The van der Waals surface area contributed by atoms with Gasteiger partial charge in [0.05, 0.1) is 0 Å². The van der Waals surface area contributed by atoms with E-state index >= 15 is 0 Å². The van der Waals surface area contributed by atoms with Crippen LogP contribution in [-0.2, 0) is 0 Å². The first-order valence-corrected chi connectivity index (χ1v) is 6.28. The Labute approximate surface area is 118 Å². The fourth-order valence-electron chi connectivity index (χ4n) is 1.44. The van der Waals surface area contributed by atoms with E-state index in [-0.39, 0.29) is 5.78 Å². The summed E-state index contributed by atoms with van der Waals surface area (Å²) in [5.74, 6) is 0.321. The van der Waals surface area contributed by atoms with Crippen molar-refractivity contribution in [3.8, 4) is 0 Å². The van der Waals surface area contributed by atoms with Gasteiger partial charge in [-0.15, -0.1) is 0 Å². The fourth-order valence-corrected chi connectivity index (χ4v) is 1.75. The first kappa shape index (κ1) is 13.4. The van der Waals surface area contributed by atoms with E-state index in [0.29, 0.717) is 21.8 Å². The Morgan fingerprint density at radius 2 is 1.74 bits per heavy atom. The average Bonchev–Trinajstić information content (AvgIpc) is 2.75. The van der Waals surface area contributed by atoms with Gasteiger partial charge in [0.25, 0.3) is 0 Å². The summed E-state index contributed by atoms with van der Waals surface area (Å²) in [4.78, 5) is 22.8. The predicted molar refractivity (Wildman–Crippen MR) is 75.5 cm³/mol. The Balaban J connectivity index is 1.97. The standard InChI is InChI=1S/C13H11BrN2O3/c1-8(17)9-2-4-10(5-3-9)15-13(18)16-12-7-6-11(14)19-12/h2-7H,1H3,(H2,15,16,18). The number of halogens is 1. The zero-order valence-electron chi connectivity index (χ0n) is 10.1. The van der Waals surface area contributed by atoms with Crippen molar-refractivity contribution in [1.82, 2.24) is 0 Å². The molecule has 1 aromatic carbocycles. The summed E-state index contributed by atoms with van der Waals surface area (Å²) in [5, 5.41) is 5.16. The Kier molecular flexibility index (Phi) is 4.01. The quantitative estimate of drug-likeness (QED) is 0.842. The molecule has 19 heavy (non-hydrogen) atoms. The molecule has 0 radical (unpaired) electrons. The largest absolute Gasteiger partial charge is 0.434 e. The van der Waals surface area contributed by atoms with Crippen LogP contribution in [0.2, 0.25) is 0 Å². The summed E-state index contributed by atoms with van der Waals surface area (Å²) < 4.78 is 5.68. The molecule has 0 saturated heterocycles. The smallest absolute Gasteiger partial charge is 0.326 e. The number of anilines is 2. The maximum atomic E-state index is 11.6. The van der Waals surface area contributed by atoms with Crippen LogP contribution in [0.5, 0.6) is 0 Å². The van der Waals surface area contributed by atoms with Gasteiger partial charge in [0.1, 0.15) is 0 Å². The van der Waals surface area contributed by atoms with Crippen LogP contribution in [0.4, 0.5) is 16.4 Å². The maximum Gasteiger partial charge on any atom is 0.326 e. The number of carbonyl (C=O) groups is 2. The van der Waals surface area contributed by atoms with E-state index in [4.69, 9.17) is 4.42 Å². The lowest BCUT2D eigenvalue weighted by Crippen LogP contribution is -2.19. The molecule has 0 fully saturated rings. The minimum Gasteiger partial charge on any atom is -0.434 e. The lowest BCUT2D eigenvalue weighted by molar-refractivity contribution is 0.101. The van der Waals surface area contributed by atoms with Gasteiger partial charge in [-0.25, -0.2) is 4.79 Å². The highest BCUT2D eigenvalue weighted by atomic mass is 79.9. The molecule has 2 aromatic rings. The summed E-state index contributed by atoms with van der Waals surface area (Å²) in [6, 6.07) is 9.52. The van der Waals surface area contributed by atoms with Gasteiger partial charge in [0, 0.05) is 17.3 Å². The molecule has 0 saturated carbocycles. The van der Waals surface area contributed by atoms with E-state index in [2.05, 4.69) is 26.6 Å². The van der Waals surface area contributed by atoms with Crippen molar-refractivity contribution in [1.29, 1.82) is 0 Å². The minimum atomic E-state index is -0.419. The second-order valence-electron chi connectivity index (χ2n) is 3.82. The predicted octanol–water partition coefficient (Wildman–Crippen LogP) is 3.89. The third-order valence-electron chi connectivity index (χ3n) is 2.36. The molecule has 2 amide bonds. The zero-order valence-corrected chi connectivity index (χ0v) is 11.7. The number of benzene rings is 1. The molecule has 5 nitrogen and oxygen atoms in total. The number of rotatable bonds is 3. The Hall–Kier alpha value is -2.08. The summed E-state index contributed by atoms with van der Waals surface area (Å²) in [5.41, 5.74) is 1.19. The van der Waals surface area contributed by atoms with Crippen molar-refractivity contribution in [3.63, 3.8) is 0 Å². The highest BCUT2D eigenvalue weighted by Crippen LogP contribution is 2.18. The number of nitrogens with one attached hydrogen (secondary N) is 2. The highest BCUT2D eigenvalue weighted by Gasteiger charge is 2.06. The summed E-state index contributed by atoms with van der Waals surface area (Å²) in [7, 11) is 0. The zero-order chi connectivity index (χ0) is 13.8. The van der Waals surface area contributed by atoms with Gasteiger partial charge in [-0.3, -0.25) is 10.1 Å². The Bertz CT molecular complexity index is 605. The van der Waals surface area contributed by atoms with Crippen molar-refractivity contribution in [2.24, 2.45) is 0 Å². The van der Waals surface area contributed by atoms with Crippen LogP contribution in [0, 0.1) is 0 Å². The van der Waals surface area contributed by atoms with Crippen LogP contribution in [0.3, 0.4) is 0 Å². The molecule has 6 heteroatoms.